The van der Waals surface area contributed by atoms with Gasteiger partial charge in [0.15, 0.2) is 0 Å². The van der Waals surface area contributed by atoms with Gasteiger partial charge < -0.3 is 0 Å². The van der Waals surface area contributed by atoms with Crippen LogP contribution in [-0.2, 0) is 20.0 Å². The summed E-state index contributed by atoms with van der Waals surface area (Å²) in [6.07, 6.45) is 0. The normalized spacial score (nSPS) is 12.0. The summed E-state index contributed by atoms with van der Waals surface area (Å²) < 4.78 is 54.7. The summed E-state index contributed by atoms with van der Waals surface area (Å²) in [5.74, 6) is 0. The van der Waals surface area contributed by atoms with Crippen LogP contribution in [0.5, 0.6) is 0 Å². The molecule has 0 saturated carbocycles. The fourth-order valence-electron chi connectivity index (χ4n) is 2.18. The van der Waals surface area contributed by atoms with E-state index in [1.807, 2.05) is 0 Å². The number of sulfonamides is 2. The lowest BCUT2D eigenvalue weighted by molar-refractivity contribution is 0.600. The fourth-order valence-corrected chi connectivity index (χ4v) is 6.28. The number of rotatable bonds is 6. The molecule has 1 heterocycles. The Hall–Kier alpha value is -1.49. The first kappa shape index (κ1) is 21.2. The van der Waals surface area contributed by atoms with Gasteiger partial charge in [-0.3, -0.25) is 9.44 Å². The molecule has 0 radical (unpaired) electrons. The predicted molar refractivity (Wildman–Crippen MR) is 114 cm³/mol. The van der Waals surface area contributed by atoms with Crippen molar-refractivity contribution in [3.8, 4) is 0 Å². The SMILES string of the molecule is O=S(=O)(Nc1cc(Cl)cc(Cl)c1)c1ccc(NS(=O)(=O)c2ccc(Cl)s2)cc1. The molecule has 1 aromatic heterocycles. The molecular weight excluding hydrogens is 487 g/mol. The van der Waals surface area contributed by atoms with E-state index >= 15 is 0 Å². The standard InChI is InChI=1S/C16H11Cl3N2O4S3/c17-10-7-11(18)9-13(8-10)21-27(22,23)14-3-1-12(2-4-14)20-28(24,25)16-6-5-15(19)26-16/h1-9,20-21H. The van der Waals surface area contributed by atoms with E-state index in [2.05, 4.69) is 9.44 Å². The number of anilines is 2. The zero-order chi connectivity index (χ0) is 20.5. The summed E-state index contributed by atoms with van der Waals surface area (Å²) in [4.78, 5) is -0.0642. The van der Waals surface area contributed by atoms with Gasteiger partial charge in [0.1, 0.15) is 4.21 Å². The Balaban J connectivity index is 1.79. The van der Waals surface area contributed by atoms with Crippen LogP contribution in [0.25, 0.3) is 0 Å². The molecule has 2 N–H and O–H groups in total. The molecule has 2 aromatic carbocycles. The number of nitrogens with one attached hydrogen (secondary N) is 2. The molecule has 12 heteroatoms. The first-order valence-corrected chi connectivity index (χ1v) is 12.3. The van der Waals surface area contributed by atoms with Crippen LogP contribution in [0, 0.1) is 0 Å². The average molecular weight is 498 g/mol. The van der Waals surface area contributed by atoms with Crippen LogP contribution in [0.3, 0.4) is 0 Å². The monoisotopic (exact) mass is 496 g/mol. The third-order valence-electron chi connectivity index (χ3n) is 3.35. The van der Waals surface area contributed by atoms with Gasteiger partial charge in [0.25, 0.3) is 20.0 Å². The first-order valence-electron chi connectivity index (χ1n) is 7.42. The van der Waals surface area contributed by atoms with Gasteiger partial charge >= 0.3 is 0 Å². The van der Waals surface area contributed by atoms with E-state index in [0.29, 0.717) is 4.34 Å². The molecule has 0 aliphatic heterocycles. The number of thiophene rings is 1. The molecule has 0 fully saturated rings. The molecule has 0 aliphatic carbocycles. The molecule has 0 saturated heterocycles. The Morgan fingerprint density at radius 1 is 0.679 bits per heavy atom. The van der Waals surface area contributed by atoms with E-state index in [9.17, 15) is 16.8 Å². The maximum atomic E-state index is 12.5. The third kappa shape index (κ3) is 5.11. The van der Waals surface area contributed by atoms with Crippen LogP contribution < -0.4 is 9.44 Å². The predicted octanol–water partition coefficient (Wildman–Crippen LogP) is 5.31. The Morgan fingerprint density at radius 2 is 1.25 bits per heavy atom. The molecule has 0 spiro atoms. The van der Waals surface area contributed by atoms with E-state index in [4.69, 9.17) is 34.8 Å². The van der Waals surface area contributed by atoms with Gasteiger partial charge in [-0.2, -0.15) is 0 Å². The summed E-state index contributed by atoms with van der Waals surface area (Å²) >= 11 is 18.4. The molecule has 148 valence electrons. The van der Waals surface area contributed by atoms with Crippen molar-refractivity contribution in [1.29, 1.82) is 0 Å². The molecule has 3 rings (SSSR count). The van der Waals surface area contributed by atoms with Crippen LogP contribution in [-0.4, -0.2) is 16.8 Å². The van der Waals surface area contributed by atoms with Gasteiger partial charge in [-0.1, -0.05) is 34.8 Å². The van der Waals surface area contributed by atoms with E-state index in [0.717, 1.165) is 11.3 Å². The Labute approximate surface area is 181 Å². The minimum Gasteiger partial charge on any atom is -0.280 e. The van der Waals surface area contributed by atoms with Crippen molar-refractivity contribution < 1.29 is 16.8 Å². The molecule has 28 heavy (non-hydrogen) atoms. The molecule has 0 aliphatic rings. The van der Waals surface area contributed by atoms with Gasteiger partial charge in [0.2, 0.25) is 0 Å². The first-order chi connectivity index (χ1) is 13.0. The molecule has 3 aromatic rings. The lowest BCUT2D eigenvalue weighted by atomic mass is 10.3. The van der Waals surface area contributed by atoms with Gasteiger partial charge in [-0.05, 0) is 54.6 Å². The fraction of sp³-hybridized carbons (Fsp3) is 0. The van der Waals surface area contributed by atoms with Crippen molar-refractivity contribution in [2.45, 2.75) is 9.10 Å². The molecule has 0 unspecified atom stereocenters. The van der Waals surface area contributed by atoms with Gasteiger partial charge in [-0.15, -0.1) is 11.3 Å². The average Bonchev–Trinajstić information content (AvgIpc) is 3.01. The maximum Gasteiger partial charge on any atom is 0.271 e. The van der Waals surface area contributed by atoms with Crippen LogP contribution in [0.4, 0.5) is 11.4 Å². The Morgan fingerprint density at radius 3 is 1.79 bits per heavy atom. The minimum atomic E-state index is -3.92. The Kier molecular flexibility index (Phi) is 6.14. The summed E-state index contributed by atoms with van der Waals surface area (Å²) in [7, 11) is -7.73. The van der Waals surface area contributed by atoms with E-state index in [1.54, 1.807) is 0 Å². The summed E-state index contributed by atoms with van der Waals surface area (Å²) in [6, 6.07) is 12.4. The molecular formula is C16H11Cl3N2O4S3. The lowest BCUT2D eigenvalue weighted by Crippen LogP contribution is -2.14. The quantitative estimate of drug-likeness (QED) is 0.483. The second-order valence-electron chi connectivity index (χ2n) is 5.45. The smallest absolute Gasteiger partial charge is 0.271 e. The van der Waals surface area contributed by atoms with Crippen molar-refractivity contribution in [2.24, 2.45) is 0 Å². The lowest BCUT2D eigenvalue weighted by Gasteiger charge is -2.10. The number of halogens is 3. The van der Waals surface area contributed by atoms with Gasteiger partial charge in [0, 0.05) is 15.7 Å². The number of hydrogen-bond donors (Lipinski definition) is 2. The molecule has 0 bridgehead atoms. The van der Waals surface area contributed by atoms with Gasteiger partial charge in [-0.25, -0.2) is 16.8 Å². The highest BCUT2D eigenvalue weighted by Gasteiger charge is 2.18. The maximum absolute atomic E-state index is 12.5. The number of hydrogen-bond acceptors (Lipinski definition) is 5. The highest BCUT2D eigenvalue weighted by molar-refractivity contribution is 7.94. The Bertz CT molecular complexity index is 1200. The van der Waals surface area contributed by atoms with Crippen LogP contribution in [0.2, 0.25) is 14.4 Å². The highest BCUT2D eigenvalue weighted by Crippen LogP contribution is 2.28. The minimum absolute atomic E-state index is 0.0497. The zero-order valence-corrected chi connectivity index (χ0v) is 18.4. The van der Waals surface area contributed by atoms with E-state index in [1.165, 1.54) is 54.6 Å². The van der Waals surface area contributed by atoms with E-state index < -0.39 is 20.0 Å². The molecule has 0 atom stereocenters. The van der Waals surface area contributed by atoms with Crippen molar-refractivity contribution >= 4 is 77.6 Å². The summed E-state index contributed by atoms with van der Waals surface area (Å²) in [5, 5.41) is 0.562. The van der Waals surface area contributed by atoms with Crippen molar-refractivity contribution in [1.82, 2.24) is 0 Å². The number of benzene rings is 2. The van der Waals surface area contributed by atoms with Crippen LogP contribution in [0.15, 0.2) is 63.7 Å². The van der Waals surface area contributed by atoms with Crippen molar-refractivity contribution in [2.75, 3.05) is 9.44 Å². The highest BCUT2D eigenvalue weighted by atomic mass is 35.5. The molecule has 0 amide bonds. The topological polar surface area (TPSA) is 92.3 Å². The van der Waals surface area contributed by atoms with Crippen molar-refractivity contribution in [3.63, 3.8) is 0 Å². The second kappa shape index (κ2) is 8.10. The summed E-state index contributed by atoms with van der Waals surface area (Å²) in [6.45, 7) is 0. The zero-order valence-electron chi connectivity index (χ0n) is 13.7. The molecule has 6 nitrogen and oxygen atoms in total. The van der Waals surface area contributed by atoms with Crippen molar-refractivity contribution in [3.05, 3.63) is 69.0 Å². The van der Waals surface area contributed by atoms with Crippen LogP contribution >= 0.6 is 46.1 Å². The second-order valence-corrected chi connectivity index (χ2v) is 11.6. The largest absolute Gasteiger partial charge is 0.280 e. The van der Waals surface area contributed by atoms with E-state index in [-0.39, 0.29) is 30.5 Å². The van der Waals surface area contributed by atoms with Crippen LogP contribution in [0.1, 0.15) is 0 Å². The van der Waals surface area contributed by atoms with Gasteiger partial charge in [0.05, 0.1) is 14.9 Å². The third-order valence-corrected chi connectivity index (χ3v) is 8.28. The summed E-state index contributed by atoms with van der Waals surface area (Å²) in [5.41, 5.74) is 0.408.